The monoisotopic (exact) mass is 482 g/mol. The molecule has 0 bridgehead atoms. The zero-order valence-electron chi connectivity index (χ0n) is 20.3. The van der Waals surface area contributed by atoms with Crippen molar-refractivity contribution in [3.05, 3.63) is 76.6 Å². The van der Waals surface area contributed by atoms with Gasteiger partial charge in [-0.3, -0.25) is 4.79 Å². The number of carbonyl (C=O) groups is 1. The van der Waals surface area contributed by atoms with Crippen molar-refractivity contribution < 1.29 is 17.9 Å². The summed E-state index contributed by atoms with van der Waals surface area (Å²) in [6.45, 7) is 7.77. The van der Waals surface area contributed by atoms with Gasteiger partial charge in [0.05, 0.1) is 4.90 Å². The SMILES string of the molecule is CC(=O)N(CC1=CC=C(C)CC1)CC1C=C2CN(S(=O)(=O)c3cccc(C)c3)CCOC2=CC1. The third-order valence-corrected chi connectivity index (χ3v) is 8.51. The minimum atomic E-state index is -3.63. The molecule has 0 radical (unpaired) electrons. The van der Waals surface area contributed by atoms with Crippen LogP contribution >= 0.6 is 0 Å². The Morgan fingerprint density at radius 1 is 1.21 bits per heavy atom. The predicted molar refractivity (Wildman–Crippen MR) is 133 cm³/mol. The fourth-order valence-electron chi connectivity index (χ4n) is 4.64. The summed E-state index contributed by atoms with van der Waals surface area (Å²) in [6, 6.07) is 7.01. The Kier molecular flexibility index (Phi) is 7.43. The molecule has 1 heterocycles. The lowest BCUT2D eigenvalue weighted by Gasteiger charge is -2.29. The molecule has 1 amide bonds. The number of benzene rings is 1. The van der Waals surface area contributed by atoms with Gasteiger partial charge in [-0.1, -0.05) is 41.5 Å². The number of rotatable bonds is 6. The van der Waals surface area contributed by atoms with Crippen LogP contribution in [0.15, 0.2) is 75.9 Å². The van der Waals surface area contributed by atoms with E-state index >= 15 is 0 Å². The number of nitrogens with zero attached hydrogens (tertiary/aromatic N) is 2. The molecule has 1 aliphatic heterocycles. The summed E-state index contributed by atoms with van der Waals surface area (Å²) in [4.78, 5) is 14.6. The van der Waals surface area contributed by atoms with Crippen LogP contribution in [0.3, 0.4) is 0 Å². The van der Waals surface area contributed by atoms with Gasteiger partial charge in [0, 0.05) is 38.7 Å². The lowest BCUT2D eigenvalue weighted by Crippen LogP contribution is -2.36. The Labute approximate surface area is 203 Å². The van der Waals surface area contributed by atoms with Gasteiger partial charge in [0.1, 0.15) is 12.4 Å². The van der Waals surface area contributed by atoms with E-state index in [0.717, 1.165) is 36.2 Å². The molecule has 34 heavy (non-hydrogen) atoms. The molecule has 2 aliphatic carbocycles. The fourth-order valence-corrected chi connectivity index (χ4v) is 6.15. The molecule has 4 rings (SSSR count). The number of sulfonamides is 1. The predicted octanol–water partition coefficient (Wildman–Crippen LogP) is 4.36. The van der Waals surface area contributed by atoms with Crippen molar-refractivity contribution in [2.45, 2.75) is 44.9 Å². The highest BCUT2D eigenvalue weighted by molar-refractivity contribution is 7.89. The molecule has 3 aliphatic rings. The van der Waals surface area contributed by atoms with Crippen molar-refractivity contribution in [3.8, 4) is 0 Å². The second-order valence-electron chi connectivity index (χ2n) is 9.50. The van der Waals surface area contributed by atoms with E-state index in [2.05, 4.69) is 25.2 Å². The van der Waals surface area contributed by atoms with Crippen LogP contribution in [0, 0.1) is 12.8 Å². The van der Waals surface area contributed by atoms with Crippen molar-refractivity contribution in [1.82, 2.24) is 9.21 Å². The maximum atomic E-state index is 13.3. The summed E-state index contributed by atoms with van der Waals surface area (Å²) >= 11 is 0. The maximum absolute atomic E-state index is 13.3. The van der Waals surface area contributed by atoms with E-state index in [4.69, 9.17) is 4.74 Å². The van der Waals surface area contributed by atoms with Gasteiger partial charge < -0.3 is 9.64 Å². The molecule has 1 atom stereocenters. The van der Waals surface area contributed by atoms with E-state index in [0.29, 0.717) is 31.1 Å². The van der Waals surface area contributed by atoms with Crippen molar-refractivity contribution in [2.75, 3.05) is 32.8 Å². The Balaban J connectivity index is 1.50. The molecule has 1 aromatic carbocycles. The first-order valence-corrected chi connectivity index (χ1v) is 13.4. The van der Waals surface area contributed by atoms with Crippen molar-refractivity contribution in [2.24, 2.45) is 5.92 Å². The van der Waals surface area contributed by atoms with E-state index in [1.54, 1.807) is 25.1 Å². The van der Waals surface area contributed by atoms with E-state index in [-0.39, 0.29) is 18.4 Å². The lowest BCUT2D eigenvalue weighted by molar-refractivity contribution is -0.128. The van der Waals surface area contributed by atoms with Crippen LogP contribution in [0.1, 0.15) is 38.7 Å². The first kappa shape index (κ1) is 24.5. The second-order valence-corrected chi connectivity index (χ2v) is 11.4. The first-order valence-electron chi connectivity index (χ1n) is 11.9. The van der Waals surface area contributed by atoms with Gasteiger partial charge >= 0.3 is 0 Å². The molecule has 1 aromatic rings. The largest absolute Gasteiger partial charge is 0.492 e. The van der Waals surface area contributed by atoms with Gasteiger partial charge in [-0.25, -0.2) is 8.42 Å². The van der Waals surface area contributed by atoms with E-state index in [1.165, 1.54) is 15.5 Å². The molecule has 182 valence electrons. The van der Waals surface area contributed by atoms with Crippen LogP contribution in [-0.2, 0) is 19.6 Å². The normalized spacial score (nSPS) is 21.2. The maximum Gasteiger partial charge on any atom is 0.243 e. The zero-order valence-corrected chi connectivity index (χ0v) is 21.1. The molecule has 0 saturated carbocycles. The van der Waals surface area contributed by atoms with Crippen LogP contribution < -0.4 is 0 Å². The summed E-state index contributed by atoms with van der Waals surface area (Å²) in [5.41, 5.74) is 4.43. The molecule has 1 unspecified atom stereocenters. The number of fused-ring (bicyclic) bond motifs is 1. The summed E-state index contributed by atoms with van der Waals surface area (Å²) in [7, 11) is -3.63. The number of ether oxygens (including phenoxy) is 1. The first-order chi connectivity index (χ1) is 16.2. The van der Waals surface area contributed by atoms with Crippen molar-refractivity contribution >= 4 is 15.9 Å². The third kappa shape index (κ3) is 5.70. The molecular formula is C27H34N2O4S. The number of hydrogen-bond acceptors (Lipinski definition) is 4. The highest BCUT2D eigenvalue weighted by Gasteiger charge is 2.31. The zero-order chi connectivity index (χ0) is 24.3. The van der Waals surface area contributed by atoms with Gasteiger partial charge in [0.15, 0.2) is 0 Å². The molecule has 7 heteroatoms. The van der Waals surface area contributed by atoms with Gasteiger partial charge in [-0.05, 0) is 62.8 Å². The highest BCUT2D eigenvalue weighted by Crippen LogP contribution is 2.30. The Hall–Kier alpha value is -2.64. The van der Waals surface area contributed by atoms with Crippen LogP contribution in [0.5, 0.6) is 0 Å². The molecule has 1 saturated heterocycles. The number of amides is 1. The average Bonchev–Trinajstić information content (AvgIpc) is 3.02. The molecule has 0 aromatic heterocycles. The lowest BCUT2D eigenvalue weighted by atomic mass is 9.93. The van der Waals surface area contributed by atoms with E-state index < -0.39 is 10.0 Å². The molecule has 0 N–H and O–H groups in total. The third-order valence-electron chi connectivity index (χ3n) is 6.67. The quantitative estimate of drug-likeness (QED) is 0.604. The van der Waals surface area contributed by atoms with Gasteiger partial charge in [-0.2, -0.15) is 4.31 Å². The van der Waals surface area contributed by atoms with Crippen LogP contribution in [0.25, 0.3) is 0 Å². The van der Waals surface area contributed by atoms with Crippen LogP contribution in [0.2, 0.25) is 0 Å². The minimum Gasteiger partial charge on any atom is -0.492 e. The smallest absolute Gasteiger partial charge is 0.243 e. The summed E-state index contributed by atoms with van der Waals surface area (Å²) in [5, 5.41) is 0. The van der Waals surface area contributed by atoms with Crippen molar-refractivity contribution in [1.29, 1.82) is 0 Å². The second kappa shape index (κ2) is 10.3. The number of carbonyl (C=O) groups excluding carboxylic acids is 1. The Bertz CT molecular complexity index is 1180. The highest BCUT2D eigenvalue weighted by atomic mass is 32.2. The average molecular weight is 483 g/mol. The number of allylic oxidation sites excluding steroid dienone is 4. The molecule has 0 spiro atoms. The summed E-state index contributed by atoms with van der Waals surface area (Å²) in [5.74, 6) is 0.943. The summed E-state index contributed by atoms with van der Waals surface area (Å²) in [6.07, 6.45) is 11.2. The Morgan fingerprint density at radius 2 is 2.03 bits per heavy atom. The Morgan fingerprint density at radius 3 is 2.74 bits per heavy atom. The number of hydrogen-bond donors (Lipinski definition) is 0. The van der Waals surface area contributed by atoms with Gasteiger partial charge in [0.25, 0.3) is 0 Å². The van der Waals surface area contributed by atoms with Gasteiger partial charge in [-0.15, -0.1) is 0 Å². The van der Waals surface area contributed by atoms with Crippen LogP contribution in [0.4, 0.5) is 0 Å². The van der Waals surface area contributed by atoms with E-state index in [1.807, 2.05) is 24.0 Å². The van der Waals surface area contributed by atoms with Crippen molar-refractivity contribution in [3.63, 3.8) is 0 Å². The minimum absolute atomic E-state index is 0.0566. The number of aryl methyl sites for hydroxylation is 1. The molecular weight excluding hydrogens is 448 g/mol. The standard InChI is InChI=1S/C27H34N2O4S/c1-20-7-9-23(10-8-20)17-28(22(3)30)18-24-11-12-27-25(16-24)19-29(13-14-33-27)34(31,32)26-6-4-5-21(2)15-26/h4-7,9,12,15-16,24H,8,10-11,13-14,17-19H2,1-3H3. The molecule has 6 nitrogen and oxygen atoms in total. The van der Waals surface area contributed by atoms with Gasteiger partial charge in [0.2, 0.25) is 15.9 Å². The summed E-state index contributed by atoms with van der Waals surface area (Å²) < 4.78 is 34.1. The fraction of sp³-hybridized carbons (Fsp3) is 0.444. The van der Waals surface area contributed by atoms with E-state index in [9.17, 15) is 13.2 Å². The van der Waals surface area contributed by atoms with Crippen LogP contribution in [-0.4, -0.2) is 56.3 Å². The topological polar surface area (TPSA) is 66.9 Å². The molecule has 1 fully saturated rings.